The largest absolute Gasteiger partial charge is 0.369 e. The third-order valence-electron chi connectivity index (χ3n) is 3.71. The summed E-state index contributed by atoms with van der Waals surface area (Å²) in [6.45, 7) is 4.45. The summed E-state index contributed by atoms with van der Waals surface area (Å²) in [5.41, 5.74) is 15.3. The number of benzene rings is 1. The van der Waals surface area contributed by atoms with Gasteiger partial charge in [0.15, 0.2) is 0 Å². The standard InChI is InChI=1S/C15H18BrN5/c1-15(2)6-11-13(12(7-15)20-21-14(17)18)9-5-8(16)3-4-10(9)19-11/h3-5,19H,6-7H2,1-2H3,(H4,17,18,21)/b20-12+. The smallest absolute Gasteiger partial charge is 0.211 e. The van der Waals surface area contributed by atoms with E-state index in [0.717, 1.165) is 39.5 Å². The molecule has 5 N–H and O–H groups in total. The van der Waals surface area contributed by atoms with Crippen LogP contribution in [0.25, 0.3) is 10.9 Å². The second-order valence-corrected chi connectivity index (χ2v) is 7.17. The van der Waals surface area contributed by atoms with Gasteiger partial charge >= 0.3 is 0 Å². The fourth-order valence-corrected chi connectivity index (χ4v) is 3.33. The summed E-state index contributed by atoms with van der Waals surface area (Å²) in [6, 6.07) is 6.21. The van der Waals surface area contributed by atoms with Crippen molar-refractivity contribution >= 4 is 38.5 Å². The molecule has 0 bridgehead atoms. The maximum absolute atomic E-state index is 5.41. The van der Waals surface area contributed by atoms with Gasteiger partial charge in [0, 0.05) is 26.6 Å². The van der Waals surface area contributed by atoms with Crippen molar-refractivity contribution in [3.05, 3.63) is 33.9 Å². The number of guanidine groups is 1. The summed E-state index contributed by atoms with van der Waals surface area (Å²) in [5.74, 6) is -0.0200. The fraction of sp³-hybridized carbons (Fsp3) is 0.333. The van der Waals surface area contributed by atoms with Gasteiger partial charge in [-0.25, -0.2) is 0 Å². The molecule has 3 rings (SSSR count). The van der Waals surface area contributed by atoms with Gasteiger partial charge < -0.3 is 16.5 Å². The van der Waals surface area contributed by atoms with Gasteiger partial charge in [-0.05, 0) is 36.5 Å². The van der Waals surface area contributed by atoms with Crippen molar-refractivity contribution in [1.29, 1.82) is 0 Å². The number of aromatic nitrogens is 1. The van der Waals surface area contributed by atoms with Crippen LogP contribution in [0.4, 0.5) is 0 Å². The number of H-pyrrole nitrogens is 1. The van der Waals surface area contributed by atoms with Crippen LogP contribution < -0.4 is 11.5 Å². The van der Waals surface area contributed by atoms with Crippen LogP contribution in [-0.4, -0.2) is 16.7 Å². The molecule has 1 aliphatic rings. The summed E-state index contributed by atoms with van der Waals surface area (Å²) in [7, 11) is 0. The molecule has 0 unspecified atom stereocenters. The molecule has 0 spiro atoms. The van der Waals surface area contributed by atoms with Crippen LogP contribution in [0.15, 0.2) is 32.9 Å². The molecule has 6 heteroatoms. The zero-order chi connectivity index (χ0) is 15.2. The van der Waals surface area contributed by atoms with E-state index in [1.807, 2.05) is 6.07 Å². The van der Waals surface area contributed by atoms with Crippen LogP contribution in [-0.2, 0) is 6.42 Å². The first kappa shape index (κ1) is 14.1. The molecule has 0 saturated carbocycles. The van der Waals surface area contributed by atoms with Crippen molar-refractivity contribution in [2.75, 3.05) is 0 Å². The Morgan fingerprint density at radius 1 is 1.29 bits per heavy atom. The summed E-state index contributed by atoms with van der Waals surface area (Å²) in [5, 5.41) is 9.30. The fourth-order valence-electron chi connectivity index (χ4n) is 2.97. The lowest BCUT2D eigenvalue weighted by molar-refractivity contribution is 0.369. The Hall–Kier alpha value is -1.82. The molecular formula is C15H18BrN5. The van der Waals surface area contributed by atoms with Gasteiger partial charge in [-0.1, -0.05) is 29.8 Å². The highest BCUT2D eigenvalue weighted by Gasteiger charge is 2.32. The van der Waals surface area contributed by atoms with Crippen molar-refractivity contribution in [2.24, 2.45) is 27.1 Å². The van der Waals surface area contributed by atoms with E-state index in [1.54, 1.807) is 0 Å². The molecule has 2 aromatic rings. The quantitative estimate of drug-likeness (QED) is 0.420. The Labute approximate surface area is 131 Å². The Morgan fingerprint density at radius 3 is 2.76 bits per heavy atom. The zero-order valence-electron chi connectivity index (χ0n) is 12.1. The third kappa shape index (κ3) is 2.68. The minimum atomic E-state index is -0.0200. The number of rotatable bonds is 1. The molecular weight excluding hydrogens is 330 g/mol. The number of aromatic amines is 1. The van der Waals surface area contributed by atoms with Crippen molar-refractivity contribution in [2.45, 2.75) is 26.7 Å². The lowest BCUT2D eigenvalue weighted by atomic mass is 9.75. The minimum absolute atomic E-state index is 0.0200. The topological polar surface area (TPSA) is 92.5 Å². The predicted octanol–water partition coefficient (Wildman–Crippen LogP) is 2.88. The number of fused-ring (bicyclic) bond motifs is 3. The van der Waals surface area contributed by atoms with E-state index >= 15 is 0 Å². The van der Waals surface area contributed by atoms with Gasteiger partial charge in [0.2, 0.25) is 5.96 Å². The van der Waals surface area contributed by atoms with E-state index < -0.39 is 0 Å². The van der Waals surface area contributed by atoms with Crippen molar-refractivity contribution < 1.29 is 0 Å². The monoisotopic (exact) mass is 347 g/mol. The van der Waals surface area contributed by atoms with Crippen molar-refractivity contribution in [3.63, 3.8) is 0 Å². The molecule has 0 atom stereocenters. The van der Waals surface area contributed by atoms with Crippen LogP contribution in [0.2, 0.25) is 0 Å². The molecule has 1 heterocycles. The van der Waals surface area contributed by atoms with E-state index in [9.17, 15) is 0 Å². The van der Waals surface area contributed by atoms with Crippen LogP contribution in [0.3, 0.4) is 0 Å². The van der Waals surface area contributed by atoms with Crippen LogP contribution in [0, 0.1) is 5.41 Å². The highest BCUT2D eigenvalue weighted by Crippen LogP contribution is 2.39. The Morgan fingerprint density at radius 2 is 2.05 bits per heavy atom. The molecule has 1 aromatic heterocycles. The van der Waals surface area contributed by atoms with Crippen LogP contribution in [0.1, 0.15) is 31.5 Å². The summed E-state index contributed by atoms with van der Waals surface area (Å²) >= 11 is 3.53. The van der Waals surface area contributed by atoms with Gasteiger partial charge in [-0.15, -0.1) is 5.10 Å². The lowest BCUT2D eigenvalue weighted by Gasteiger charge is -2.30. The maximum atomic E-state index is 5.41. The van der Waals surface area contributed by atoms with Gasteiger partial charge in [0.05, 0.1) is 5.71 Å². The van der Waals surface area contributed by atoms with Gasteiger partial charge in [-0.3, -0.25) is 0 Å². The Balaban J connectivity index is 2.26. The molecule has 0 fully saturated rings. The molecule has 21 heavy (non-hydrogen) atoms. The molecule has 0 amide bonds. The first-order chi connectivity index (χ1) is 9.85. The molecule has 1 aliphatic carbocycles. The van der Waals surface area contributed by atoms with Gasteiger partial charge in [-0.2, -0.15) is 5.10 Å². The number of nitrogens with two attached hydrogens (primary N) is 2. The second kappa shape index (κ2) is 4.87. The Bertz CT molecular complexity index is 766. The van der Waals surface area contributed by atoms with E-state index in [-0.39, 0.29) is 11.4 Å². The molecule has 0 radical (unpaired) electrons. The van der Waals surface area contributed by atoms with E-state index in [0.29, 0.717) is 0 Å². The predicted molar refractivity (Wildman–Crippen MR) is 90.4 cm³/mol. The lowest BCUT2D eigenvalue weighted by Crippen LogP contribution is -2.27. The highest BCUT2D eigenvalue weighted by molar-refractivity contribution is 9.10. The van der Waals surface area contributed by atoms with Crippen molar-refractivity contribution in [3.8, 4) is 0 Å². The number of hydrogen-bond acceptors (Lipinski definition) is 2. The second-order valence-electron chi connectivity index (χ2n) is 6.26. The molecule has 5 nitrogen and oxygen atoms in total. The molecule has 0 saturated heterocycles. The first-order valence-corrected chi connectivity index (χ1v) is 7.61. The number of nitrogens with zero attached hydrogens (tertiary/aromatic N) is 2. The average molecular weight is 348 g/mol. The number of nitrogens with one attached hydrogen (secondary N) is 1. The summed E-state index contributed by atoms with van der Waals surface area (Å²) in [4.78, 5) is 3.50. The highest BCUT2D eigenvalue weighted by atomic mass is 79.9. The minimum Gasteiger partial charge on any atom is -0.369 e. The number of hydrogen-bond donors (Lipinski definition) is 3. The molecule has 1 aromatic carbocycles. The first-order valence-electron chi connectivity index (χ1n) is 6.82. The van der Waals surface area contributed by atoms with Gasteiger partial charge in [0.1, 0.15) is 0 Å². The molecule has 110 valence electrons. The van der Waals surface area contributed by atoms with Crippen LogP contribution >= 0.6 is 15.9 Å². The molecule has 0 aliphatic heterocycles. The summed E-state index contributed by atoms with van der Waals surface area (Å²) in [6.07, 6.45) is 1.83. The van der Waals surface area contributed by atoms with E-state index in [4.69, 9.17) is 11.5 Å². The third-order valence-corrected chi connectivity index (χ3v) is 4.21. The van der Waals surface area contributed by atoms with Crippen LogP contribution in [0.5, 0.6) is 0 Å². The SMILES string of the molecule is CC1(C)C/C(=N\N=C(N)N)c2c([nH]c3ccc(Br)cc23)C1. The average Bonchev–Trinajstić information content (AvgIpc) is 2.71. The zero-order valence-corrected chi connectivity index (χ0v) is 13.7. The summed E-state index contributed by atoms with van der Waals surface area (Å²) < 4.78 is 1.04. The van der Waals surface area contributed by atoms with Crippen molar-refractivity contribution in [1.82, 2.24) is 4.98 Å². The Kier molecular flexibility index (Phi) is 3.28. The van der Waals surface area contributed by atoms with Gasteiger partial charge in [0.25, 0.3) is 0 Å². The van der Waals surface area contributed by atoms with E-state index in [1.165, 1.54) is 5.69 Å². The van der Waals surface area contributed by atoms with E-state index in [2.05, 4.69) is 57.1 Å². The normalized spacial score (nSPS) is 18.7. The maximum Gasteiger partial charge on any atom is 0.211 e. The number of halogens is 1.